The predicted octanol–water partition coefficient (Wildman–Crippen LogP) is 3.89. The molecule has 5 rings (SSSR count). The van der Waals surface area contributed by atoms with Crippen LogP contribution in [-0.4, -0.2) is 25.7 Å². The SMILES string of the molecule is O=C(Cc1cnn(C2CCc3ccccc32)c1)c1cc(-c2ccccn2)on1. The minimum atomic E-state index is -0.0997. The number of carbonyl (C=O) groups excluding carboxylic acids is 1. The second-order valence-electron chi connectivity index (χ2n) is 6.97. The summed E-state index contributed by atoms with van der Waals surface area (Å²) < 4.78 is 7.25. The fraction of sp³-hybridized carbons (Fsp3) is 0.182. The van der Waals surface area contributed by atoms with Gasteiger partial charge >= 0.3 is 0 Å². The van der Waals surface area contributed by atoms with Crippen molar-refractivity contribution in [3.05, 3.63) is 89.5 Å². The van der Waals surface area contributed by atoms with Gasteiger partial charge in [-0.05, 0) is 41.7 Å². The van der Waals surface area contributed by atoms with Gasteiger partial charge in [-0.15, -0.1) is 0 Å². The van der Waals surface area contributed by atoms with Gasteiger partial charge in [-0.1, -0.05) is 35.5 Å². The van der Waals surface area contributed by atoms with Gasteiger partial charge < -0.3 is 4.52 Å². The number of ketones is 1. The molecule has 0 amide bonds. The zero-order chi connectivity index (χ0) is 18.9. The molecule has 1 aromatic carbocycles. The molecule has 1 aliphatic carbocycles. The second-order valence-corrected chi connectivity index (χ2v) is 6.97. The maximum Gasteiger partial charge on any atom is 0.189 e. The van der Waals surface area contributed by atoms with Crippen LogP contribution in [0.1, 0.15) is 39.6 Å². The third-order valence-electron chi connectivity index (χ3n) is 5.15. The number of fused-ring (bicyclic) bond motifs is 1. The first kappa shape index (κ1) is 16.6. The molecule has 0 N–H and O–H groups in total. The Morgan fingerprint density at radius 3 is 2.96 bits per heavy atom. The summed E-state index contributed by atoms with van der Waals surface area (Å²) in [6.45, 7) is 0. The molecule has 0 fully saturated rings. The van der Waals surface area contributed by atoms with E-state index in [1.165, 1.54) is 11.1 Å². The lowest BCUT2D eigenvalue weighted by Crippen LogP contribution is -2.08. The van der Waals surface area contributed by atoms with Gasteiger partial charge in [0, 0.05) is 24.9 Å². The third kappa shape index (κ3) is 3.03. The van der Waals surface area contributed by atoms with Crippen molar-refractivity contribution >= 4 is 5.78 Å². The van der Waals surface area contributed by atoms with Gasteiger partial charge in [0.1, 0.15) is 5.69 Å². The molecule has 1 atom stereocenters. The molecule has 0 saturated carbocycles. The Labute approximate surface area is 161 Å². The van der Waals surface area contributed by atoms with E-state index < -0.39 is 0 Å². The molecule has 6 heteroatoms. The third-order valence-corrected chi connectivity index (χ3v) is 5.15. The molecule has 3 heterocycles. The Hall–Kier alpha value is -3.54. The molecule has 1 unspecified atom stereocenters. The highest BCUT2D eigenvalue weighted by Gasteiger charge is 2.24. The van der Waals surface area contributed by atoms with Gasteiger partial charge in [0.15, 0.2) is 17.2 Å². The molecule has 6 nitrogen and oxygen atoms in total. The number of pyridine rings is 1. The normalized spacial score (nSPS) is 15.5. The summed E-state index contributed by atoms with van der Waals surface area (Å²) in [5.74, 6) is 0.388. The Kier molecular flexibility index (Phi) is 4.09. The molecule has 1 aliphatic rings. The monoisotopic (exact) mass is 370 g/mol. The minimum absolute atomic E-state index is 0.0997. The summed E-state index contributed by atoms with van der Waals surface area (Å²) in [5.41, 5.74) is 4.53. The van der Waals surface area contributed by atoms with Crippen LogP contribution in [0.5, 0.6) is 0 Å². The highest BCUT2D eigenvalue weighted by molar-refractivity contribution is 5.96. The Bertz CT molecular complexity index is 1130. The quantitative estimate of drug-likeness (QED) is 0.498. The van der Waals surface area contributed by atoms with Crippen LogP contribution in [0.15, 0.2) is 71.6 Å². The van der Waals surface area contributed by atoms with E-state index >= 15 is 0 Å². The smallest absolute Gasteiger partial charge is 0.189 e. The fourth-order valence-corrected chi connectivity index (χ4v) is 3.76. The maximum atomic E-state index is 12.6. The lowest BCUT2D eigenvalue weighted by atomic mass is 10.1. The summed E-state index contributed by atoms with van der Waals surface area (Å²) in [4.78, 5) is 16.8. The van der Waals surface area contributed by atoms with E-state index in [-0.39, 0.29) is 18.2 Å². The van der Waals surface area contributed by atoms with E-state index in [0.29, 0.717) is 17.1 Å². The van der Waals surface area contributed by atoms with E-state index in [1.807, 2.05) is 29.1 Å². The standard InChI is InChI=1S/C22H18N4O2/c27-21(19-12-22(28-25-19)18-7-3-4-10-23-18)11-15-13-24-26(14-15)20-9-8-16-5-1-2-6-17(16)20/h1-7,10,12-14,20H,8-9,11H2. The summed E-state index contributed by atoms with van der Waals surface area (Å²) in [7, 11) is 0. The average molecular weight is 370 g/mol. The summed E-state index contributed by atoms with van der Waals surface area (Å²) in [6.07, 6.45) is 7.73. The molecular weight excluding hydrogens is 352 g/mol. The van der Waals surface area contributed by atoms with E-state index in [1.54, 1.807) is 18.5 Å². The van der Waals surface area contributed by atoms with Gasteiger partial charge in [0.2, 0.25) is 0 Å². The molecule has 0 bridgehead atoms. The molecule has 0 spiro atoms. The minimum Gasteiger partial charge on any atom is -0.354 e. The fourth-order valence-electron chi connectivity index (χ4n) is 3.76. The van der Waals surface area contributed by atoms with Crippen LogP contribution in [0.25, 0.3) is 11.5 Å². The molecule has 0 radical (unpaired) electrons. The van der Waals surface area contributed by atoms with E-state index in [4.69, 9.17) is 4.52 Å². The number of rotatable bonds is 5. The Balaban J connectivity index is 1.31. The van der Waals surface area contributed by atoms with Gasteiger partial charge in [0.05, 0.1) is 12.2 Å². The molecule has 4 aromatic rings. The van der Waals surface area contributed by atoms with Crippen LogP contribution < -0.4 is 0 Å². The van der Waals surface area contributed by atoms with E-state index in [9.17, 15) is 4.79 Å². The molecule has 3 aromatic heterocycles. The van der Waals surface area contributed by atoms with E-state index in [0.717, 1.165) is 18.4 Å². The topological polar surface area (TPSA) is 73.8 Å². The van der Waals surface area contributed by atoms with Crippen LogP contribution in [0, 0.1) is 0 Å². The van der Waals surface area contributed by atoms with Crippen molar-refractivity contribution in [2.75, 3.05) is 0 Å². The van der Waals surface area contributed by atoms with Crippen LogP contribution in [0.3, 0.4) is 0 Å². The number of hydrogen-bond donors (Lipinski definition) is 0. The van der Waals surface area contributed by atoms with Crippen molar-refractivity contribution in [2.45, 2.75) is 25.3 Å². The maximum absolute atomic E-state index is 12.6. The first-order chi connectivity index (χ1) is 13.8. The Morgan fingerprint density at radius 2 is 2.07 bits per heavy atom. The Morgan fingerprint density at radius 1 is 1.18 bits per heavy atom. The number of carbonyl (C=O) groups is 1. The van der Waals surface area contributed by atoms with Crippen LogP contribution in [0.4, 0.5) is 0 Å². The molecule has 0 saturated heterocycles. The summed E-state index contributed by atoms with van der Waals surface area (Å²) in [5, 5.41) is 8.42. The van der Waals surface area contributed by atoms with Crippen molar-refractivity contribution in [3.63, 3.8) is 0 Å². The van der Waals surface area contributed by atoms with Crippen molar-refractivity contribution in [2.24, 2.45) is 0 Å². The number of Topliss-reactive ketones (excluding diaryl/α,β-unsaturated/α-hetero) is 1. The number of benzene rings is 1. The zero-order valence-electron chi connectivity index (χ0n) is 15.2. The van der Waals surface area contributed by atoms with Crippen LogP contribution in [0.2, 0.25) is 0 Å². The van der Waals surface area contributed by atoms with Crippen molar-refractivity contribution in [1.29, 1.82) is 0 Å². The lowest BCUT2D eigenvalue weighted by molar-refractivity contribution is 0.0984. The number of hydrogen-bond acceptors (Lipinski definition) is 5. The highest BCUT2D eigenvalue weighted by atomic mass is 16.5. The zero-order valence-corrected chi connectivity index (χ0v) is 15.2. The summed E-state index contributed by atoms with van der Waals surface area (Å²) in [6, 6.07) is 15.9. The molecular formula is C22H18N4O2. The second kappa shape index (κ2) is 6.88. The number of nitrogens with zero attached hydrogens (tertiary/aromatic N) is 4. The predicted molar refractivity (Wildman–Crippen MR) is 103 cm³/mol. The van der Waals surface area contributed by atoms with Crippen molar-refractivity contribution in [3.8, 4) is 11.5 Å². The first-order valence-electron chi connectivity index (χ1n) is 9.30. The van der Waals surface area contributed by atoms with E-state index in [2.05, 4.69) is 39.5 Å². The van der Waals surface area contributed by atoms with Crippen molar-refractivity contribution < 1.29 is 9.32 Å². The van der Waals surface area contributed by atoms with Crippen molar-refractivity contribution in [1.82, 2.24) is 19.9 Å². The van der Waals surface area contributed by atoms with Crippen LogP contribution in [-0.2, 0) is 12.8 Å². The first-order valence-corrected chi connectivity index (χ1v) is 9.30. The van der Waals surface area contributed by atoms with Gasteiger partial charge in [-0.2, -0.15) is 5.10 Å². The molecule has 138 valence electrons. The largest absolute Gasteiger partial charge is 0.354 e. The van der Waals surface area contributed by atoms with Gasteiger partial charge in [-0.25, -0.2) is 0 Å². The number of aromatic nitrogens is 4. The van der Waals surface area contributed by atoms with Gasteiger partial charge in [0.25, 0.3) is 0 Å². The molecule has 0 aliphatic heterocycles. The average Bonchev–Trinajstić information content (AvgIpc) is 3.47. The lowest BCUT2D eigenvalue weighted by Gasteiger charge is -2.11. The molecule has 28 heavy (non-hydrogen) atoms. The van der Waals surface area contributed by atoms with Crippen LogP contribution >= 0.6 is 0 Å². The highest BCUT2D eigenvalue weighted by Crippen LogP contribution is 2.33. The van der Waals surface area contributed by atoms with Gasteiger partial charge in [-0.3, -0.25) is 14.5 Å². The summed E-state index contributed by atoms with van der Waals surface area (Å²) >= 11 is 0. The number of aryl methyl sites for hydroxylation is 1.